The standard InChI is InChI=1S/C13H17ClN2O3/c1-19-11-5-3-2-4-10(11)13(18)16-9-8-15-12(17)6-7-14/h2-5H,6-9H2,1H3,(H,15,17)(H,16,18). The molecule has 1 rings (SSSR count). The van der Waals surface area contributed by atoms with Gasteiger partial charge in [-0.1, -0.05) is 12.1 Å². The minimum absolute atomic E-state index is 0.124. The van der Waals surface area contributed by atoms with Gasteiger partial charge in [-0.05, 0) is 12.1 Å². The Kier molecular flexibility index (Phi) is 6.74. The van der Waals surface area contributed by atoms with Gasteiger partial charge in [0.15, 0.2) is 0 Å². The molecule has 1 aromatic rings. The molecule has 2 N–H and O–H groups in total. The van der Waals surface area contributed by atoms with E-state index < -0.39 is 0 Å². The number of amides is 2. The zero-order valence-electron chi connectivity index (χ0n) is 10.7. The van der Waals surface area contributed by atoms with Crippen molar-refractivity contribution in [3.05, 3.63) is 29.8 Å². The number of rotatable bonds is 7. The van der Waals surface area contributed by atoms with E-state index in [4.69, 9.17) is 16.3 Å². The number of para-hydroxylation sites is 1. The first-order valence-corrected chi connectivity index (χ1v) is 6.46. The highest BCUT2D eigenvalue weighted by Gasteiger charge is 2.10. The summed E-state index contributed by atoms with van der Waals surface area (Å²) in [4.78, 5) is 23.0. The first-order chi connectivity index (χ1) is 9.19. The predicted octanol–water partition coefficient (Wildman–Crippen LogP) is 1.17. The van der Waals surface area contributed by atoms with Gasteiger partial charge >= 0.3 is 0 Å². The Morgan fingerprint density at radius 2 is 1.89 bits per heavy atom. The second-order valence-electron chi connectivity index (χ2n) is 3.75. The van der Waals surface area contributed by atoms with Crippen molar-refractivity contribution >= 4 is 23.4 Å². The van der Waals surface area contributed by atoms with Crippen LogP contribution in [0, 0.1) is 0 Å². The maximum atomic E-state index is 11.9. The highest BCUT2D eigenvalue weighted by atomic mass is 35.5. The second-order valence-corrected chi connectivity index (χ2v) is 4.12. The number of benzene rings is 1. The van der Waals surface area contributed by atoms with E-state index in [0.29, 0.717) is 30.3 Å². The molecule has 0 aliphatic rings. The van der Waals surface area contributed by atoms with Crippen LogP contribution in [0.2, 0.25) is 0 Å². The minimum Gasteiger partial charge on any atom is -0.496 e. The summed E-state index contributed by atoms with van der Waals surface area (Å²) in [5.41, 5.74) is 0.470. The molecular formula is C13H17ClN2O3. The molecule has 0 saturated carbocycles. The molecule has 0 aromatic heterocycles. The molecule has 2 amide bonds. The number of alkyl halides is 1. The molecule has 104 valence electrons. The lowest BCUT2D eigenvalue weighted by Crippen LogP contribution is -2.34. The van der Waals surface area contributed by atoms with E-state index in [1.807, 2.05) is 0 Å². The normalized spacial score (nSPS) is 9.79. The van der Waals surface area contributed by atoms with Crippen molar-refractivity contribution in [2.75, 3.05) is 26.1 Å². The third-order valence-electron chi connectivity index (χ3n) is 2.41. The number of hydrogen-bond donors (Lipinski definition) is 2. The zero-order valence-corrected chi connectivity index (χ0v) is 11.5. The molecule has 6 heteroatoms. The maximum absolute atomic E-state index is 11.9. The summed E-state index contributed by atoms with van der Waals surface area (Å²) in [5.74, 6) is 0.455. The molecule has 1 aromatic carbocycles. The van der Waals surface area contributed by atoms with Crippen molar-refractivity contribution in [2.24, 2.45) is 0 Å². The Hall–Kier alpha value is -1.75. The number of ether oxygens (including phenoxy) is 1. The molecule has 0 atom stereocenters. The van der Waals surface area contributed by atoms with Gasteiger partial charge in [-0.3, -0.25) is 9.59 Å². The highest BCUT2D eigenvalue weighted by Crippen LogP contribution is 2.16. The van der Waals surface area contributed by atoms with Gasteiger partial charge in [-0.2, -0.15) is 0 Å². The second kappa shape index (κ2) is 8.37. The summed E-state index contributed by atoms with van der Waals surface area (Å²) in [5, 5.41) is 5.35. The fourth-order valence-corrected chi connectivity index (χ4v) is 1.65. The lowest BCUT2D eigenvalue weighted by molar-refractivity contribution is -0.120. The van der Waals surface area contributed by atoms with Gasteiger partial charge in [0.05, 0.1) is 12.7 Å². The molecule has 0 bridgehead atoms. The molecule has 5 nitrogen and oxygen atoms in total. The van der Waals surface area contributed by atoms with Crippen molar-refractivity contribution in [1.82, 2.24) is 10.6 Å². The Labute approximate surface area is 117 Å². The summed E-state index contributed by atoms with van der Waals surface area (Å²) in [6.07, 6.45) is 0.280. The molecule has 0 spiro atoms. The first-order valence-electron chi connectivity index (χ1n) is 5.93. The third kappa shape index (κ3) is 5.18. The summed E-state index contributed by atoms with van der Waals surface area (Å²) < 4.78 is 5.10. The van der Waals surface area contributed by atoms with E-state index in [1.165, 1.54) is 7.11 Å². The van der Waals surface area contributed by atoms with Crippen LogP contribution in [0.1, 0.15) is 16.8 Å². The number of carbonyl (C=O) groups is 2. The van der Waals surface area contributed by atoms with E-state index in [2.05, 4.69) is 10.6 Å². The van der Waals surface area contributed by atoms with Crippen LogP contribution in [-0.4, -0.2) is 37.9 Å². The van der Waals surface area contributed by atoms with Crippen LogP contribution in [0.5, 0.6) is 5.75 Å². The van der Waals surface area contributed by atoms with Gasteiger partial charge in [0.25, 0.3) is 5.91 Å². The van der Waals surface area contributed by atoms with Crippen molar-refractivity contribution < 1.29 is 14.3 Å². The fraction of sp³-hybridized carbons (Fsp3) is 0.385. The Morgan fingerprint density at radius 3 is 2.58 bits per heavy atom. The molecule has 0 unspecified atom stereocenters. The van der Waals surface area contributed by atoms with E-state index >= 15 is 0 Å². The van der Waals surface area contributed by atoms with Crippen LogP contribution in [0.3, 0.4) is 0 Å². The summed E-state index contributed by atoms with van der Waals surface area (Å²) in [6, 6.07) is 6.96. The van der Waals surface area contributed by atoms with Gasteiger partial charge in [0.2, 0.25) is 5.91 Å². The van der Waals surface area contributed by atoms with E-state index in [1.54, 1.807) is 24.3 Å². The molecule has 0 heterocycles. The summed E-state index contributed by atoms with van der Waals surface area (Å²) >= 11 is 5.43. The quantitative estimate of drug-likeness (QED) is 0.583. The number of carbonyl (C=O) groups excluding carboxylic acids is 2. The highest BCUT2D eigenvalue weighted by molar-refractivity contribution is 6.18. The van der Waals surface area contributed by atoms with Crippen LogP contribution >= 0.6 is 11.6 Å². The molecular weight excluding hydrogens is 268 g/mol. The van der Waals surface area contributed by atoms with Crippen LogP contribution in [0.15, 0.2) is 24.3 Å². The minimum atomic E-state index is -0.232. The SMILES string of the molecule is COc1ccccc1C(=O)NCCNC(=O)CCCl. The van der Waals surface area contributed by atoms with Crippen molar-refractivity contribution in [3.8, 4) is 5.75 Å². The van der Waals surface area contributed by atoms with Crippen molar-refractivity contribution in [3.63, 3.8) is 0 Å². The average molecular weight is 285 g/mol. The number of methoxy groups -OCH3 is 1. The molecule has 19 heavy (non-hydrogen) atoms. The Balaban J connectivity index is 2.37. The number of hydrogen-bond acceptors (Lipinski definition) is 3. The number of nitrogens with one attached hydrogen (secondary N) is 2. The van der Waals surface area contributed by atoms with Gasteiger partial charge in [-0.15, -0.1) is 11.6 Å². The van der Waals surface area contributed by atoms with Crippen molar-refractivity contribution in [1.29, 1.82) is 0 Å². The van der Waals surface area contributed by atoms with Crippen LogP contribution < -0.4 is 15.4 Å². The average Bonchev–Trinajstić information content (AvgIpc) is 2.43. The van der Waals surface area contributed by atoms with Gasteiger partial charge in [-0.25, -0.2) is 0 Å². The van der Waals surface area contributed by atoms with Gasteiger partial charge < -0.3 is 15.4 Å². The number of halogens is 1. The molecule has 0 saturated heterocycles. The molecule has 0 radical (unpaired) electrons. The van der Waals surface area contributed by atoms with E-state index in [9.17, 15) is 9.59 Å². The predicted molar refractivity (Wildman–Crippen MR) is 73.7 cm³/mol. The zero-order chi connectivity index (χ0) is 14.1. The summed E-state index contributed by atoms with van der Waals surface area (Å²) in [7, 11) is 1.51. The molecule has 0 aliphatic carbocycles. The van der Waals surface area contributed by atoms with Gasteiger partial charge in [0.1, 0.15) is 5.75 Å². The van der Waals surface area contributed by atoms with Crippen molar-refractivity contribution in [2.45, 2.75) is 6.42 Å². The topological polar surface area (TPSA) is 67.4 Å². The third-order valence-corrected chi connectivity index (χ3v) is 2.59. The van der Waals surface area contributed by atoms with Gasteiger partial charge in [0, 0.05) is 25.4 Å². The Morgan fingerprint density at radius 1 is 1.21 bits per heavy atom. The maximum Gasteiger partial charge on any atom is 0.255 e. The Bertz CT molecular complexity index is 438. The van der Waals surface area contributed by atoms with E-state index in [0.717, 1.165) is 0 Å². The van der Waals surface area contributed by atoms with Crippen LogP contribution in [0.4, 0.5) is 0 Å². The monoisotopic (exact) mass is 284 g/mol. The molecule has 0 aliphatic heterocycles. The van der Waals surface area contributed by atoms with Crippen LogP contribution in [-0.2, 0) is 4.79 Å². The summed E-state index contributed by atoms with van der Waals surface area (Å²) in [6.45, 7) is 0.724. The molecule has 0 fully saturated rings. The van der Waals surface area contributed by atoms with Crippen LogP contribution in [0.25, 0.3) is 0 Å². The smallest absolute Gasteiger partial charge is 0.255 e. The van der Waals surface area contributed by atoms with E-state index in [-0.39, 0.29) is 18.2 Å². The lowest BCUT2D eigenvalue weighted by Gasteiger charge is -2.09. The fourth-order valence-electron chi connectivity index (χ4n) is 1.48. The lowest BCUT2D eigenvalue weighted by atomic mass is 10.2. The largest absolute Gasteiger partial charge is 0.496 e. The first kappa shape index (κ1) is 15.3.